The average Bonchev–Trinajstić information content (AvgIpc) is 2.26. The van der Waals surface area contributed by atoms with Crippen LogP contribution < -0.4 is 5.32 Å². The molecule has 0 saturated heterocycles. The standard InChI is InChI=1S/C11H9BrF3NO3/c12-7-4-2-1-3-6(7)8(5-9(17)18)16-10(19)11(13,14)15/h1-4,8H,5H2,(H,16,19)(H,17,18)/t8-/m0/s1. The molecule has 0 aliphatic heterocycles. The van der Waals surface area contributed by atoms with Gasteiger partial charge >= 0.3 is 18.1 Å². The van der Waals surface area contributed by atoms with Crippen LogP contribution in [0.15, 0.2) is 28.7 Å². The number of carboxylic acid groups (broad SMARTS) is 1. The number of benzene rings is 1. The molecule has 8 heteroatoms. The summed E-state index contributed by atoms with van der Waals surface area (Å²) in [6.07, 6.45) is -5.71. The molecule has 1 aromatic rings. The second-order valence-corrected chi connectivity index (χ2v) is 4.50. The van der Waals surface area contributed by atoms with Gasteiger partial charge in [0.15, 0.2) is 0 Å². The van der Waals surface area contributed by atoms with E-state index in [1.54, 1.807) is 17.4 Å². The lowest BCUT2D eigenvalue weighted by molar-refractivity contribution is -0.174. The molecule has 0 spiro atoms. The third-order valence-corrected chi connectivity index (χ3v) is 2.94. The second kappa shape index (κ2) is 6.05. The molecule has 1 aromatic carbocycles. The Labute approximate surface area is 114 Å². The SMILES string of the molecule is O=C(O)C[C@H](NC(=O)C(F)(F)F)c1ccccc1Br. The third kappa shape index (κ3) is 4.55. The Kier molecular flexibility index (Phi) is 4.93. The molecule has 104 valence electrons. The lowest BCUT2D eigenvalue weighted by Crippen LogP contribution is -2.39. The predicted octanol–water partition coefficient (Wildman–Crippen LogP) is 2.64. The molecule has 0 radical (unpaired) electrons. The molecule has 1 rings (SSSR count). The number of carbonyl (C=O) groups is 2. The fraction of sp³-hybridized carbons (Fsp3) is 0.273. The number of hydrogen-bond acceptors (Lipinski definition) is 2. The smallest absolute Gasteiger partial charge is 0.471 e. The molecule has 0 bridgehead atoms. The van der Waals surface area contributed by atoms with Crippen molar-refractivity contribution in [2.75, 3.05) is 0 Å². The number of nitrogens with one attached hydrogen (secondary N) is 1. The first-order chi connectivity index (χ1) is 8.71. The molecular formula is C11H9BrF3NO3. The quantitative estimate of drug-likeness (QED) is 0.886. The monoisotopic (exact) mass is 339 g/mol. The van der Waals surface area contributed by atoms with Crippen molar-refractivity contribution in [3.8, 4) is 0 Å². The molecule has 4 nitrogen and oxygen atoms in total. The van der Waals surface area contributed by atoms with E-state index in [0.717, 1.165) is 0 Å². The molecule has 1 amide bonds. The van der Waals surface area contributed by atoms with E-state index in [-0.39, 0.29) is 5.56 Å². The number of rotatable bonds is 4. The van der Waals surface area contributed by atoms with E-state index in [1.807, 2.05) is 0 Å². The van der Waals surface area contributed by atoms with Crippen LogP contribution in [0.5, 0.6) is 0 Å². The van der Waals surface area contributed by atoms with Crippen LogP contribution in [0.3, 0.4) is 0 Å². The van der Waals surface area contributed by atoms with Crippen molar-refractivity contribution in [3.63, 3.8) is 0 Å². The molecule has 0 aliphatic carbocycles. The third-order valence-electron chi connectivity index (χ3n) is 2.22. The number of halogens is 4. The number of hydrogen-bond donors (Lipinski definition) is 2. The van der Waals surface area contributed by atoms with E-state index in [0.29, 0.717) is 4.47 Å². The fourth-order valence-electron chi connectivity index (χ4n) is 1.41. The van der Waals surface area contributed by atoms with Crippen molar-refractivity contribution < 1.29 is 27.9 Å². The molecule has 19 heavy (non-hydrogen) atoms. The molecule has 0 aromatic heterocycles. The Bertz CT molecular complexity index is 490. The zero-order valence-corrected chi connectivity index (χ0v) is 11.0. The van der Waals surface area contributed by atoms with Gasteiger partial charge in [-0.05, 0) is 11.6 Å². The first kappa shape index (κ1) is 15.5. The normalized spacial score (nSPS) is 12.8. The van der Waals surface area contributed by atoms with Crippen molar-refractivity contribution in [2.45, 2.75) is 18.6 Å². The van der Waals surface area contributed by atoms with E-state index in [2.05, 4.69) is 15.9 Å². The van der Waals surface area contributed by atoms with Crippen molar-refractivity contribution in [1.82, 2.24) is 5.32 Å². The second-order valence-electron chi connectivity index (χ2n) is 3.64. The van der Waals surface area contributed by atoms with Gasteiger partial charge in [0.1, 0.15) is 0 Å². The van der Waals surface area contributed by atoms with Gasteiger partial charge in [-0.2, -0.15) is 13.2 Å². The largest absolute Gasteiger partial charge is 0.481 e. The Morgan fingerprint density at radius 3 is 2.37 bits per heavy atom. The summed E-state index contributed by atoms with van der Waals surface area (Å²) in [6.45, 7) is 0. The molecule has 0 fully saturated rings. The predicted molar refractivity (Wildman–Crippen MR) is 63.3 cm³/mol. The minimum absolute atomic E-state index is 0.266. The van der Waals surface area contributed by atoms with E-state index < -0.39 is 30.5 Å². The first-order valence-electron chi connectivity index (χ1n) is 5.05. The van der Waals surface area contributed by atoms with Crippen molar-refractivity contribution in [1.29, 1.82) is 0 Å². The zero-order valence-electron chi connectivity index (χ0n) is 9.37. The van der Waals surface area contributed by atoms with Gasteiger partial charge in [-0.15, -0.1) is 0 Å². The zero-order chi connectivity index (χ0) is 14.6. The van der Waals surface area contributed by atoms with Gasteiger partial charge in [-0.25, -0.2) is 0 Å². The lowest BCUT2D eigenvalue weighted by atomic mass is 10.0. The van der Waals surface area contributed by atoms with Crippen LogP contribution in [0.1, 0.15) is 18.0 Å². The summed E-state index contributed by atoms with van der Waals surface area (Å²) in [5.74, 6) is -3.49. The van der Waals surface area contributed by atoms with E-state index in [1.165, 1.54) is 12.1 Å². The Balaban J connectivity index is 3.00. The number of amides is 1. The van der Waals surface area contributed by atoms with Gasteiger partial charge in [-0.1, -0.05) is 34.1 Å². The number of carbonyl (C=O) groups excluding carboxylic acids is 1. The highest BCUT2D eigenvalue weighted by Gasteiger charge is 2.40. The molecule has 0 unspecified atom stereocenters. The van der Waals surface area contributed by atoms with Gasteiger partial charge in [0.25, 0.3) is 0 Å². The van der Waals surface area contributed by atoms with Gasteiger partial charge in [-0.3, -0.25) is 9.59 Å². The van der Waals surface area contributed by atoms with Crippen molar-refractivity contribution in [2.24, 2.45) is 0 Å². The van der Waals surface area contributed by atoms with Crippen LogP contribution in [-0.4, -0.2) is 23.2 Å². The topological polar surface area (TPSA) is 66.4 Å². The number of aliphatic carboxylic acids is 1. The highest BCUT2D eigenvalue weighted by molar-refractivity contribution is 9.10. The summed E-state index contributed by atoms with van der Waals surface area (Å²) in [5, 5.41) is 10.4. The molecule has 0 saturated carbocycles. The maximum Gasteiger partial charge on any atom is 0.471 e. The average molecular weight is 340 g/mol. The molecule has 1 atom stereocenters. The summed E-state index contributed by atoms with van der Waals surface area (Å²) in [5.41, 5.74) is 0.266. The first-order valence-corrected chi connectivity index (χ1v) is 5.85. The fourth-order valence-corrected chi connectivity index (χ4v) is 1.97. The van der Waals surface area contributed by atoms with E-state index in [4.69, 9.17) is 5.11 Å². The summed E-state index contributed by atoms with van der Waals surface area (Å²) in [6, 6.07) is 4.88. The van der Waals surface area contributed by atoms with Crippen LogP contribution in [0.2, 0.25) is 0 Å². The minimum atomic E-state index is -5.06. The Morgan fingerprint density at radius 2 is 1.89 bits per heavy atom. The Morgan fingerprint density at radius 1 is 1.32 bits per heavy atom. The van der Waals surface area contributed by atoms with Crippen LogP contribution in [0.25, 0.3) is 0 Å². The van der Waals surface area contributed by atoms with Gasteiger partial charge in [0.05, 0.1) is 12.5 Å². The molecule has 2 N–H and O–H groups in total. The van der Waals surface area contributed by atoms with Gasteiger partial charge in [0, 0.05) is 4.47 Å². The van der Waals surface area contributed by atoms with Crippen LogP contribution in [0, 0.1) is 0 Å². The van der Waals surface area contributed by atoms with Gasteiger partial charge in [0.2, 0.25) is 0 Å². The lowest BCUT2D eigenvalue weighted by Gasteiger charge is -2.19. The maximum atomic E-state index is 12.2. The Hall–Kier alpha value is -1.57. The highest BCUT2D eigenvalue weighted by Crippen LogP contribution is 2.27. The van der Waals surface area contributed by atoms with Crippen LogP contribution in [-0.2, 0) is 9.59 Å². The van der Waals surface area contributed by atoms with Crippen LogP contribution >= 0.6 is 15.9 Å². The molecular weight excluding hydrogens is 331 g/mol. The van der Waals surface area contributed by atoms with Gasteiger partial charge < -0.3 is 10.4 Å². The number of carboxylic acids is 1. The van der Waals surface area contributed by atoms with Crippen LogP contribution in [0.4, 0.5) is 13.2 Å². The highest BCUT2D eigenvalue weighted by atomic mass is 79.9. The summed E-state index contributed by atoms with van der Waals surface area (Å²) >= 11 is 3.10. The summed E-state index contributed by atoms with van der Waals surface area (Å²) in [4.78, 5) is 21.6. The maximum absolute atomic E-state index is 12.2. The summed E-state index contributed by atoms with van der Waals surface area (Å²) in [7, 11) is 0. The van der Waals surface area contributed by atoms with Crippen molar-refractivity contribution in [3.05, 3.63) is 34.3 Å². The van der Waals surface area contributed by atoms with E-state index >= 15 is 0 Å². The minimum Gasteiger partial charge on any atom is -0.481 e. The molecule has 0 aliphatic rings. The van der Waals surface area contributed by atoms with Crippen molar-refractivity contribution >= 4 is 27.8 Å². The molecule has 0 heterocycles. The van der Waals surface area contributed by atoms with E-state index in [9.17, 15) is 22.8 Å². The number of alkyl halides is 3. The summed E-state index contributed by atoms with van der Waals surface area (Å²) < 4.78 is 37.0.